The van der Waals surface area contributed by atoms with Gasteiger partial charge in [0.2, 0.25) is 0 Å². The Morgan fingerprint density at radius 1 is 1.42 bits per heavy atom. The van der Waals surface area contributed by atoms with Gasteiger partial charge in [-0.1, -0.05) is 6.92 Å². The van der Waals surface area contributed by atoms with Crippen molar-refractivity contribution in [3.63, 3.8) is 0 Å². The molecule has 3 nitrogen and oxygen atoms in total. The Bertz CT molecular complexity index is 179. The molecular formula is C9H17NO2. The second-order valence-corrected chi connectivity index (χ2v) is 3.72. The van der Waals surface area contributed by atoms with Gasteiger partial charge in [-0.05, 0) is 27.2 Å². The molecule has 1 N–H and O–H groups in total. The van der Waals surface area contributed by atoms with E-state index in [4.69, 9.17) is 10.1 Å². The third kappa shape index (κ3) is 5.89. The first-order chi connectivity index (χ1) is 5.35. The predicted molar refractivity (Wildman–Crippen MR) is 48.5 cm³/mol. The fourth-order valence-electron chi connectivity index (χ4n) is 0.677. The maximum absolute atomic E-state index is 11.1. The van der Waals surface area contributed by atoms with Crippen molar-refractivity contribution in [1.29, 1.82) is 5.41 Å². The lowest BCUT2D eigenvalue weighted by molar-refractivity contribution is -0.153. The highest BCUT2D eigenvalue weighted by atomic mass is 16.6. The monoisotopic (exact) mass is 171 g/mol. The van der Waals surface area contributed by atoms with Gasteiger partial charge in [0.05, 0.1) is 6.42 Å². The van der Waals surface area contributed by atoms with E-state index in [0.29, 0.717) is 12.1 Å². The Hall–Kier alpha value is -0.860. The smallest absolute Gasteiger partial charge is 0.312 e. The van der Waals surface area contributed by atoms with Crippen molar-refractivity contribution in [2.45, 2.75) is 46.1 Å². The molecule has 0 saturated carbocycles. The average Bonchev–Trinajstić information content (AvgIpc) is 1.82. The van der Waals surface area contributed by atoms with Gasteiger partial charge in [-0.25, -0.2) is 0 Å². The van der Waals surface area contributed by atoms with E-state index >= 15 is 0 Å². The van der Waals surface area contributed by atoms with Crippen LogP contribution < -0.4 is 0 Å². The molecule has 0 aliphatic rings. The second kappa shape index (κ2) is 4.24. The lowest BCUT2D eigenvalue weighted by Gasteiger charge is -2.19. The van der Waals surface area contributed by atoms with E-state index in [1.165, 1.54) is 0 Å². The highest BCUT2D eigenvalue weighted by Gasteiger charge is 2.16. The van der Waals surface area contributed by atoms with Crippen molar-refractivity contribution in [2.75, 3.05) is 0 Å². The molecule has 12 heavy (non-hydrogen) atoms. The van der Waals surface area contributed by atoms with Gasteiger partial charge < -0.3 is 10.1 Å². The van der Waals surface area contributed by atoms with Crippen LogP contribution in [0.1, 0.15) is 40.5 Å². The number of carbonyl (C=O) groups is 1. The van der Waals surface area contributed by atoms with Crippen LogP contribution in [0, 0.1) is 5.41 Å². The molecule has 0 atom stereocenters. The van der Waals surface area contributed by atoms with Gasteiger partial charge in [0, 0.05) is 5.71 Å². The SMILES string of the molecule is CCC(=N)CC(=O)OC(C)(C)C. The van der Waals surface area contributed by atoms with E-state index in [9.17, 15) is 4.79 Å². The van der Waals surface area contributed by atoms with E-state index in [1.807, 2.05) is 27.7 Å². The van der Waals surface area contributed by atoms with Crippen LogP contribution in [0.25, 0.3) is 0 Å². The lowest BCUT2D eigenvalue weighted by Crippen LogP contribution is -2.25. The average molecular weight is 171 g/mol. The molecule has 0 aliphatic carbocycles. The minimum atomic E-state index is -0.439. The third-order valence-corrected chi connectivity index (χ3v) is 1.20. The van der Waals surface area contributed by atoms with Gasteiger partial charge >= 0.3 is 5.97 Å². The van der Waals surface area contributed by atoms with E-state index < -0.39 is 5.60 Å². The molecule has 3 heteroatoms. The molecule has 0 amide bonds. The Kier molecular flexibility index (Phi) is 3.93. The molecule has 0 saturated heterocycles. The fraction of sp³-hybridized carbons (Fsp3) is 0.778. The molecule has 0 spiro atoms. The normalized spacial score (nSPS) is 11.0. The van der Waals surface area contributed by atoms with E-state index in [0.717, 1.165) is 0 Å². The molecular weight excluding hydrogens is 154 g/mol. The third-order valence-electron chi connectivity index (χ3n) is 1.20. The van der Waals surface area contributed by atoms with Gasteiger partial charge in [0.25, 0.3) is 0 Å². The first-order valence-electron chi connectivity index (χ1n) is 4.13. The Labute approximate surface area is 73.6 Å². The van der Waals surface area contributed by atoms with Crippen LogP contribution >= 0.6 is 0 Å². The lowest BCUT2D eigenvalue weighted by atomic mass is 10.2. The highest BCUT2D eigenvalue weighted by Crippen LogP contribution is 2.08. The predicted octanol–water partition coefficient (Wildman–Crippen LogP) is 2.15. The fourth-order valence-corrected chi connectivity index (χ4v) is 0.677. The first-order valence-corrected chi connectivity index (χ1v) is 4.13. The number of nitrogens with one attached hydrogen (secondary N) is 1. The van der Waals surface area contributed by atoms with E-state index in [-0.39, 0.29) is 12.4 Å². The maximum atomic E-state index is 11.1. The van der Waals surface area contributed by atoms with Crippen LogP contribution in [0.2, 0.25) is 0 Å². The van der Waals surface area contributed by atoms with Gasteiger partial charge in [-0.3, -0.25) is 4.79 Å². The molecule has 0 radical (unpaired) electrons. The second-order valence-electron chi connectivity index (χ2n) is 3.72. The molecule has 0 aliphatic heterocycles. The molecule has 0 unspecified atom stereocenters. The van der Waals surface area contributed by atoms with Crippen molar-refractivity contribution < 1.29 is 9.53 Å². The quantitative estimate of drug-likeness (QED) is 0.522. The molecule has 70 valence electrons. The molecule has 0 fully saturated rings. The van der Waals surface area contributed by atoms with Crippen LogP contribution in [-0.2, 0) is 9.53 Å². The highest BCUT2D eigenvalue weighted by molar-refractivity contribution is 5.97. The molecule has 0 heterocycles. The summed E-state index contributed by atoms with van der Waals surface area (Å²) in [5, 5.41) is 7.27. The van der Waals surface area contributed by atoms with Crippen LogP contribution in [0.3, 0.4) is 0 Å². The summed E-state index contributed by atoms with van der Waals surface area (Å²) in [6, 6.07) is 0. The zero-order chi connectivity index (χ0) is 9.78. The Morgan fingerprint density at radius 3 is 2.25 bits per heavy atom. The summed E-state index contributed by atoms with van der Waals surface area (Å²) in [7, 11) is 0. The number of hydrogen-bond donors (Lipinski definition) is 1. The largest absolute Gasteiger partial charge is 0.460 e. The number of hydrogen-bond acceptors (Lipinski definition) is 3. The Morgan fingerprint density at radius 2 is 1.92 bits per heavy atom. The van der Waals surface area contributed by atoms with Gasteiger partial charge in [-0.15, -0.1) is 0 Å². The summed E-state index contributed by atoms with van der Waals surface area (Å²) in [5.41, 5.74) is -0.0188. The van der Waals surface area contributed by atoms with Crippen molar-refractivity contribution in [3.8, 4) is 0 Å². The summed E-state index contributed by atoms with van der Waals surface area (Å²) in [5.74, 6) is -0.311. The standard InChI is InChI=1S/C9H17NO2/c1-5-7(10)6-8(11)12-9(2,3)4/h10H,5-6H2,1-4H3. The van der Waals surface area contributed by atoms with Gasteiger partial charge in [0.15, 0.2) is 0 Å². The summed E-state index contributed by atoms with van der Waals surface area (Å²) in [6.45, 7) is 7.31. The molecule has 0 aromatic rings. The molecule has 0 aromatic heterocycles. The van der Waals surface area contributed by atoms with Crippen molar-refractivity contribution in [2.24, 2.45) is 0 Å². The van der Waals surface area contributed by atoms with Crippen LogP contribution in [-0.4, -0.2) is 17.3 Å². The minimum Gasteiger partial charge on any atom is -0.460 e. The topological polar surface area (TPSA) is 50.2 Å². The van der Waals surface area contributed by atoms with E-state index in [1.54, 1.807) is 0 Å². The summed E-state index contributed by atoms with van der Waals surface area (Å²) in [6.07, 6.45) is 0.729. The van der Waals surface area contributed by atoms with Gasteiger partial charge in [0.1, 0.15) is 5.60 Å². The van der Waals surface area contributed by atoms with Gasteiger partial charge in [-0.2, -0.15) is 0 Å². The van der Waals surface area contributed by atoms with Crippen molar-refractivity contribution in [3.05, 3.63) is 0 Å². The number of ether oxygens (including phenoxy) is 1. The van der Waals surface area contributed by atoms with Crippen LogP contribution in [0.4, 0.5) is 0 Å². The zero-order valence-corrected chi connectivity index (χ0v) is 8.23. The van der Waals surface area contributed by atoms with Crippen molar-refractivity contribution >= 4 is 11.7 Å². The van der Waals surface area contributed by atoms with E-state index in [2.05, 4.69) is 0 Å². The number of carbonyl (C=O) groups excluding carboxylic acids is 1. The molecule has 0 aromatic carbocycles. The van der Waals surface area contributed by atoms with Crippen LogP contribution in [0.15, 0.2) is 0 Å². The summed E-state index contributed by atoms with van der Waals surface area (Å²) >= 11 is 0. The number of esters is 1. The minimum absolute atomic E-state index is 0.119. The summed E-state index contributed by atoms with van der Waals surface area (Å²) in [4.78, 5) is 11.1. The molecule has 0 rings (SSSR count). The maximum Gasteiger partial charge on any atom is 0.312 e. The number of rotatable bonds is 3. The van der Waals surface area contributed by atoms with Crippen LogP contribution in [0.5, 0.6) is 0 Å². The van der Waals surface area contributed by atoms with Crippen molar-refractivity contribution in [1.82, 2.24) is 0 Å². The zero-order valence-electron chi connectivity index (χ0n) is 8.23. The summed E-state index contributed by atoms with van der Waals surface area (Å²) < 4.78 is 5.03. The first kappa shape index (κ1) is 11.1. The molecule has 0 bridgehead atoms. The Balaban J connectivity index is 3.83.